The molecule has 0 bridgehead atoms. The Bertz CT molecular complexity index is 545. The molecule has 29 heavy (non-hydrogen) atoms. The van der Waals surface area contributed by atoms with Crippen LogP contribution in [0.15, 0.2) is 23.9 Å². The Morgan fingerprint density at radius 3 is 2.24 bits per heavy atom. The fraction of sp³-hybridized carbons (Fsp3) is 0.762. The van der Waals surface area contributed by atoms with Crippen molar-refractivity contribution < 1.29 is 39.8 Å². The van der Waals surface area contributed by atoms with E-state index in [0.29, 0.717) is 0 Å². The van der Waals surface area contributed by atoms with Crippen LogP contribution in [0.1, 0.15) is 71.1 Å². The Kier molecular flexibility index (Phi) is 11.9. The summed E-state index contributed by atoms with van der Waals surface area (Å²) in [6.07, 6.45) is 9.83. The van der Waals surface area contributed by atoms with Gasteiger partial charge >= 0.3 is 5.97 Å². The van der Waals surface area contributed by atoms with Gasteiger partial charge < -0.3 is 35.0 Å². The molecule has 0 saturated heterocycles. The highest BCUT2D eigenvalue weighted by Gasteiger charge is 2.55. The van der Waals surface area contributed by atoms with Crippen molar-refractivity contribution in [2.45, 2.75) is 88.9 Å². The van der Waals surface area contributed by atoms with Gasteiger partial charge in [-0.05, 0) is 18.9 Å². The molecule has 1 aliphatic heterocycles. The van der Waals surface area contributed by atoms with Crippen LogP contribution in [0.25, 0.3) is 0 Å². The molecule has 1 aliphatic rings. The van der Waals surface area contributed by atoms with E-state index in [1.54, 1.807) is 6.08 Å². The van der Waals surface area contributed by atoms with Gasteiger partial charge in [0.05, 0.1) is 25.6 Å². The minimum Gasteiger partial charge on any atom is -0.505 e. The molecule has 0 aromatic carbocycles. The number of allylic oxidation sites excluding steroid dienone is 1. The minimum absolute atomic E-state index is 0.488. The molecular formula is C21H36O8. The number of aliphatic hydroxyl groups is 5. The molecule has 3 atom stereocenters. The Morgan fingerprint density at radius 2 is 1.66 bits per heavy atom. The highest BCUT2D eigenvalue weighted by Crippen LogP contribution is 2.38. The van der Waals surface area contributed by atoms with Gasteiger partial charge in [0, 0.05) is 6.42 Å². The third-order valence-corrected chi connectivity index (χ3v) is 5.04. The lowest BCUT2D eigenvalue weighted by Crippen LogP contribution is -2.49. The fourth-order valence-electron chi connectivity index (χ4n) is 3.30. The average molecular weight is 417 g/mol. The zero-order chi connectivity index (χ0) is 21.7. The second-order valence-corrected chi connectivity index (χ2v) is 7.45. The summed E-state index contributed by atoms with van der Waals surface area (Å²) in [5.41, 5.74) is -2.06. The van der Waals surface area contributed by atoms with E-state index in [-0.39, 0.29) is 0 Å². The van der Waals surface area contributed by atoms with E-state index in [4.69, 9.17) is 14.6 Å². The monoisotopic (exact) mass is 416 g/mol. The van der Waals surface area contributed by atoms with Crippen molar-refractivity contribution in [3.63, 3.8) is 0 Å². The summed E-state index contributed by atoms with van der Waals surface area (Å²) < 4.78 is 10.2. The highest BCUT2D eigenvalue weighted by molar-refractivity contribution is 5.90. The van der Waals surface area contributed by atoms with Crippen LogP contribution in [0, 0.1) is 0 Å². The molecule has 0 radical (unpaired) electrons. The summed E-state index contributed by atoms with van der Waals surface area (Å²) in [6, 6.07) is 0. The number of rotatable bonds is 16. The molecule has 0 amide bonds. The quantitative estimate of drug-likeness (QED) is 0.147. The lowest BCUT2D eigenvalue weighted by molar-refractivity contribution is -0.169. The van der Waals surface area contributed by atoms with Gasteiger partial charge in [-0.15, -0.1) is 0 Å². The normalized spacial score (nSPS) is 21.6. The van der Waals surface area contributed by atoms with Crippen LogP contribution in [0.2, 0.25) is 0 Å². The Labute approximate surface area is 172 Å². The lowest BCUT2D eigenvalue weighted by Gasteiger charge is -2.32. The third kappa shape index (κ3) is 7.62. The van der Waals surface area contributed by atoms with Crippen molar-refractivity contribution >= 4 is 5.97 Å². The Balaban J connectivity index is 2.52. The van der Waals surface area contributed by atoms with Gasteiger partial charge in [0.15, 0.2) is 5.76 Å². The maximum atomic E-state index is 12.1. The first-order valence-electron chi connectivity index (χ1n) is 10.5. The molecular weight excluding hydrogens is 380 g/mol. The van der Waals surface area contributed by atoms with Crippen LogP contribution in [0.4, 0.5) is 0 Å². The van der Waals surface area contributed by atoms with Crippen LogP contribution in [0.5, 0.6) is 0 Å². The maximum Gasteiger partial charge on any atom is 0.379 e. The zero-order valence-corrected chi connectivity index (χ0v) is 17.3. The van der Waals surface area contributed by atoms with Crippen LogP contribution >= 0.6 is 0 Å². The zero-order valence-electron chi connectivity index (χ0n) is 17.3. The van der Waals surface area contributed by atoms with E-state index in [1.807, 2.05) is 0 Å². The van der Waals surface area contributed by atoms with Crippen molar-refractivity contribution in [2.75, 3.05) is 13.2 Å². The van der Waals surface area contributed by atoms with Gasteiger partial charge in [-0.2, -0.15) is 0 Å². The van der Waals surface area contributed by atoms with Gasteiger partial charge in [-0.1, -0.05) is 51.9 Å². The Morgan fingerprint density at radius 1 is 1.03 bits per heavy atom. The Hall–Kier alpha value is -1.61. The number of hydrogen-bond donors (Lipinski definition) is 5. The van der Waals surface area contributed by atoms with E-state index in [0.717, 1.165) is 19.3 Å². The van der Waals surface area contributed by atoms with Gasteiger partial charge in [0.2, 0.25) is 5.60 Å². The maximum absolute atomic E-state index is 12.1. The predicted octanol–water partition coefficient (Wildman–Crippen LogP) is 2.21. The SMILES string of the molecule is CCCCCCCCCCC=COC1=C(O)[C@@](CC(O)CO)([C@@H](O)CO)OC1=O. The van der Waals surface area contributed by atoms with Gasteiger partial charge in [-0.3, -0.25) is 0 Å². The number of cyclic esters (lactones) is 1. The number of esters is 1. The number of ether oxygens (including phenoxy) is 2. The van der Waals surface area contributed by atoms with E-state index in [1.165, 1.54) is 44.8 Å². The van der Waals surface area contributed by atoms with Crippen molar-refractivity contribution in [1.82, 2.24) is 0 Å². The standard InChI is InChI=1S/C21H36O8/c1-2-3-4-5-6-7-8-9-10-11-12-28-18-19(26)21(17(25)15-23,29-20(18)27)13-16(24)14-22/h11-12,16-17,22-26H,2-10,13-15H2,1H3/t16?,17-,21+/m0/s1. The topological polar surface area (TPSA) is 137 Å². The van der Waals surface area contributed by atoms with E-state index >= 15 is 0 Å². The predicted molar refractivity (Wildman–Crippen MR) is 107 cm³/mol. The van der Waals surface area contributed by atoms with Crippen LogP contribution < -0.4 is 0 Å². The van der Waals surface area contributed by atoms with Crippen molar-refractivity contribution in [3.8, 4) is 0 Å². The molecule has 5 N–H and O–H groups in total. The summed E-state index contributed by atoms with van der Waals surface area (Å²) >= 11 is 0. The molecule has 1 rings (SSSR count). The summed E-state index contributed by atoms with van der Waals surface area (Å²) in [5.74, 6) is -2.24. The third-order valence-electron chi connectivity index (χ3n) is 5.04. The lowest BCUT2D eigenvalue weighted by atomic mass is 9.88. The molecule has 168 valence electrons. The van der Waals surface area contributed by atoms with Crippen molar-refractivity contribution in [1.29, 1.82) is 0 Å². The number of hydrogen-bond acceptors (Lipinski definition) is 8. The summed E-state index contributed by atoms with van der Waals surface area (Å²) in [5, 5.41) is 48.4. The van der Waals surface area contributed by atoms with E-state index in [2.05, 4.69) is 6.92 Å². The number of carbonyl (C=O) groups is 1. The second kappa shape index (κ2) is 13.6. The smallest absolute Gasteiger partial charge is 0.379 e. The minimum atomic E-state index is -2.06. The number of unbranched alkanes of at least 4 members (excludes halogenated alkanes) is 8. The first-order chi connectivity index (χ1) is 13.9. The van der Waals surface area contributed by atoms with E-state index in [9.17, 15) is 25.2 Å². The molecule has 1 unspecified atom stereocenters. The largest absolute Gasteiger partial charge is 0.505 e. The number of carbonyl (C=O) groups excluding carboxylic acids is 1. The highest BCUT2D eigenvalue weighted by atomic mass is 16.6. The summed E-state index contributed by atoms with van der Waals surface area (Å²) in [6.45, 7) is 0.707. The summed E-state index contributed by atoms with van der Waals surface area (Å²) in [7, 11) is 0. The molecule has 0 aliphatic carbocycles. The first kappa shape index (κ1) is 25.4. The molecule has 8 nitrogen and oxygen atoms in total. The second-order valence-electron chi connectivity index (χ2n) is 7.45. The molecule has 0 spiro atoms. The van der Waals surface area contributed by atoms with Crippen molar-refractivity contribution in [3.05, 3.63) is 23.9 Å². The fourth-order valence-corrected chi connectivity index (χ4v) is 3.30. The average Bonchev–Trinajstić information content (AvgIpc) is 2.95. The molecule has 0 saturated carbocycles. The van der Waals surface area contributed by atoms with Crippen LogP contribution in [-0.2, 0) is 14.3 Å². The van der Waals surface area contributed by atoms with Gasteiger partial charge in [0.25, 0.3) is 5.76 Å². The molecule has 0 aromatic rings. The molecule has 8 heteroatoms. The van der Waals surface area contributed by atoms with Gasteiger partial charge in [0.1, 0.15) is 6.10 Å². The molecule has 1 heterocycles. The van der Waals surface area contributed by atoms with Gasteiger partial charge in [-0.25, -0.2) is 4.79 Å². The summed E-state index contributed by atoms with van der Waals surface area (Å²) in [4.78, 5) is 12.1. The first-order valence-corrected chi connectivity index (χ1v) is 10.5. The molecule has 0 fully saturated rings. The van der Waals surface area contributed by atoms with Crippen LogP contribution in [0.3, 0.4) is 0 Å². The molecule has 0 aromatic heterocycles. The van der Waals surface area contributed by atoms with Crippen LogP contribution in [-0.4, -0.2) is 62.5 Å². The van der Waals surface area contributed by atoms with Crippen molar-refractivity contribution in [2.24, 2.45) is 0 Å². The number of aliphatic hydroxyl groups excluding tert-OH is 5. The van der Waals surface area contributed by atoms with E-state index < -0.39 is 54.9 Å².